The van der Waals surface area contributed by atoms with Gasteiger partial charge in [0.05, 0.1) is 23.9 Å². The first-order valence-electron chi connectivity index (χ1n) is 12.2. The molecule has 10 atom stereocenters. The number of carbonyl (C=O) groups excluding carboxylic acids is 1. The average Bonchev–Trinajstić information content (AvgIpc) is 3.03. The highest BCUT2D eigenvalue weighted by atomic mass is 16.6. The standard InChI is InChI=1S/C24H40N2O5/c1-13(21(28)31-22(2,3)4)25-15-8-9-24(29)17-12-14-6-7-16(27)19-18(14)23(24,20(15)30-19)10-11-26(17)5/h13-20,25,27,29H,6-12H2,1-5H3/t13-,14?,15?,16?,17?,18?,19?,20-,23-,24+/m0/s1. The van der Waals surface area contributed by atoms with Crippen molar-refractivity contribution in [2.45, 2.75) is 114 Å². The number of hydrogen-bond acceptors (Lipinski definition) is 7. The summed E-state index contributed by atoms with van der Waals surface area (Å²) in [5.74, 6) is 0.412. The van der Waals surface area contributed by atoms with Gasteiger partial charge in [0.25, 0.3) is 0 Å². The number of nitrogens with zero attached hydrogens (tertiary/aromatic N) is 1. The van der Waals surface area contributed by atoms with Crippen molar-refractivity contribution < 1.29 is 24.5 Å². The Hall–Kier alpha value is -0.730. The predicted octanol–water partition coefficient (Wildman–Crippen LogP) is 1.45. The normalized spacial score (nSPS) is 50.0. The van der Waals surface area contributed by atoms with Crippen LogP contribution in [0.4, 0.5) is 0 Å². The third-order valence-corrected chi connectivity index (χ3v) is 9.20. The van der Waals surface area contributed by atoms with Crippen molar-refractivity contribution in [3.05, 3.63) is 0 Å². The van der Waals surface area contributed by atoms with E-state index in [1.165, 1.54) is 0 Å². The van der Waals surface area contributed by atoms with E-state index in [1.807, 2.05) is 27.7 Å². The van der Waals surface area contributed by atoms with Gasteiger partial charge in [-0.1, -0.05) is 0 Å². The topological polar surface area (TPSA) is 91.3 Å². The Labute approximate surface area is 185 Å². The van der Waals surface area contributed by atoms with Gasteiger partial charge in [0.1, 0.15) is 11.6 Å². The second-order valence-electron chi connectivity index (χ2n) is 12.0. The van der Waals surface area contributed by atoms with Crippen molar-refractivity contribution in [2.75, 3.05) is 13.6 Å². The number of nitrogens with one attached hydrogen (secondary N) is 1. The molecule has 0 radical (unpaired) electrons. The molecule has 6 unspecified atom stereocenters. The van der Waals surface area contributed by atoms with Crippen LogP contribution in [0.5, 0.6) is 0 Å². The first-order chi connectivity index (χ1) is 14.5. The lowest BCUT2D eigenvalue weighted by Crippen LogP contribution is -2.78. The lowest BCUT2D eigenvalue weighted by Gasteiger charge is -2.68. The number of hydrogen-bond donors (Lipinski definition) is 3. The van der Waals surface area contributed by atoms with Gasteiger partial charge in [0, 0.05) is 23.4 Å². The Morgan fingerprint density at radius 3 is 2.71 bits per heavy atom. The minimum atomic E-state index is -0.801. The van der Waals surface area contributed by atoms with Gasteiger partial charge in [0.2, 0.25) is 0 Å². The Morgan fingerprint density at radius 1 is 1.26 bits per heavy atom. The molecule has 3 aliphatic carbocycles. The van der Waals surface area contributed by atoms with Gasteiger partial charge in [-0.2, -0.15) is 0 Å². The summed E-state index contributed by atoms with van der Waals surface area (Å²) in [5.41, 5.74) is -1.69. The molecule has 0 aromatic heterocycles. The SMILES string of the molecule is C[C@H](NC1CC[C@@]2(O)C3CC4CCC(O)C5O[C@@H]1[C@]2(CCN3C)C45)C(=O)OC(C)(C)C. The Bertz CT molecular complexity index is 740. The van der Waals surface area contributed by atoms with Gasteiger partial charge in [-0.05, 0) is 85.7 Å². The van der Waals surface area contributed by atoms with Crippen LogP contribution < -0.4 is 5.32 Å². The Kier molecular flexibility index (Phi) is 5.08. The number of esters is 1. The van der Waals surface area contributed by atoms with Crippen molar-refractivity contribution >= 4 is 5.97 Å². The van der Waals surface area contributed by atoms with E-state index in [1.54, 1.807) is 0 Å². The molecule has 176 valence electrons. The number of aliphatic hydroxyl groups excluding tert-OH is 1. The molecule has 31 heavy (non-hydrogen) atoms. The van der Waals surface area contributed by atoms with Crippen LogP contribution in [0.25, 0.3) is 0 Å². The van der Waals surface area contributed by atoms with Gasteiger partial charge in [-0.3, -0.25) is 10.1 Å². The van der Waals surface area contributed by atoms with E-state index < -0.39 is 23.3 Å². The second kappa shape index (κ2) is 7.13. The number of rotatable bonds is 3. The average molecular weight is 437 g/mol. The van der Waals surface area contributed by atoms with Crippen LogP contribution in [-0.4, -0.2) is 82.3 Å². The first kappa shape index (κ1) is 22.1. The van der Waals surface area contributed by atoms with E-state index in [2.05, 4.69) is 17.3 Å². The summed E-state index contributed by atoms with van der Waals surface area (Å²) in [6.07, 6.45) is 4.23. The molecule has 0 aromatic rings. The van der Waals surface area contributed by atoms with Crippen molar-refractivity contribution in [1.29, 1.82) is 0 Å². The smallest absolute Gasteiger partial charge is 0.323 e. The number of likely N-dealkylation sites (N-methyl/N-ethyl adjacent to an activating group) is 1. The van der Waals surface area contributed by atoms with Crippen molar-refractivity contribution in [2.24, 2.45) is 17.3 Å². The number of piperidine rings is 1. The molecule has 3 saturated carbocycles. The fourth-order valence-electron chi connectivity index (χ4n) is 8.11. The fourth-order valence-corrected chi connectivity index (χ4v) is 8.11. The van der Waals surface area contributed by atoms with E-state index >= 15 is 0 Å². The molecule has 3 N–H and O–H groups in total. The van der Waals surface area contributed by atoms with Gasteiger partial charge in [-0.25, -0.2) is 0 Å². The van der Waals surface area contributed by atoms with Crippen molar-refractivity contribution in [3.8, 4) is 0 Å². The van der Waals surface area contributed by atoms with Crippen molar-refractivity contribution in [1.82, 2.24) is 10.2 Å². The number of likely N-dealkylation sites (tertiary alicyclic amines) is 1. The molecule has 0 aromatic carbocycles. The molecule has 2 aliphatic heterocycles. The minimum absolute atomic E-state index is 0.0385. The minimum Gasteiger partial charge on any atom is -0.459 e. The summed E-state index contributed by atoms with van der Waals surface area (Å²) in [7, 11) is 2.14. The molecule has 2 heterocycles. The molecule has 2 saturated heterocycles. The van der Waals surface area contributed by atoms with Crippen LogP contribution in [0.15, 0.2) is 0 Å². The summed E-state index contributed by atoms with van der Waals surface area (Å²) in [6.45, 7) is 8.43. The van der Waals surface area contributed by atoms with E-state index in [9.17, 15) is 15.0 Å². The van der Waals surface area contributed by atoms with E-state index in [4.69, 9.17) is 9.47 Å². The van der Waals surface area contributed by atoms with E-state index in [0.29, 0.717) is 12.3 Å². The van der Waals surface area contributed by atoms with E-state index in [-0.39, 0.29) is 41.6 Å². The molecule has 2 bridgehead atoms. The van der Waals surface area contributed by atoms with Crippen LogP contribution in [0.2, 0.25) is 0 Å². The zero-order valence-electron chi connectivity index (χ0n) is 19.6. The summed E-state index contributed by atoms with van der Waals surface area (Å²) in [6, 6.07) is -0.348. The summed E-state index contributed by atoms with van der Waals surface area (Å²) >= 11 is 0. The number of carbonyl (C=O) groups is 1. The highest BCUT2D eigenvalue weighted by Gasteiger charge is 2.77. The third-order valence-electron chi connectivity index (χ3n) is 9.20. The highest BCUT2D eigenvalue weighted by molar-refractivity contribution is 5.75. The van der Waals surface area contributed by atoms with Gasteiger partial charge >= 0.3 is 5.97 Å². The largest absolute Gasteiger partial charge is 0.459 e. The molecule has 0 amide bonds. The quantitative estimate of drug-likeness (QED) is 0.577. The zero-order valence-corrected chi connectivity index (χ0v) is 19.6. The summed E-state index contributed by atoms with van der Waals surface area (Å²) in [4.78, 5) is 15.0. The van der Waals surface area contributed by atoms with Crippen LogP contribution in [0.1, 0.15) is 66.2 Å². The monoisotopic (exact) mass is 436 g/mol. The Balaban J connectivity index is 1.47. The number of aliphatic hydroxyl groups is 2. The van der Waals surface area contributed by atoms with Gasteiger partial charge in [-0.15, -0.1) is 0 Å². The molecule has 1 spiro atoms. The van der Waals surface area contributed by atoms with E-state index in [0.717, 1.165) is 38.6 Å². The lowest BCUT2D eigenvalue weighted by molar-refractivity contribution is -0.257. The fraction of sp³-hybridized carbons (Fsp3) is 0.958. The van der Waals surface area contributed by atoms with Gasteiger partial charge < -0.3 is 24.6 Å². The van der Waals surface area contributed by atoms with Crippen molar-refractivity contribution in [3.63, 3.8) is 0 Å². The maximum atomic E-state index is 12.7. The van der Waals surface area contributed by atoms with Crippen LogP contribution in [0, 0.1) is 17.3 Å². The molecule has 5 fully saturated rings. The molecular formula is C24H40N2O5. The summed E-state index contributed by atoms with van der Waals surface area (Å²) < 4.78 is 12.3. The van der Waals surface area contributed by atoms with Crippen LogP contribution >= 0.6 is 0 Å². The maximum absolute atomic E-state index is 12.7. The van der Waals surface area contributed by atoms with Crippen LogP contribution in [-0.2, 0) is 14.3 Å². The summed E-state index contributed by atoms with van der Waals surface area (Å²) in [5, 5.41) is 26.6. The lowest BCUT2D eigenvalue weighted by atomic mass is 9.42. The second-order valence-corrected chi connectivity index (χ2v) is 12.0. The van der Waals surface area contributed by atoms with Gasteiger partial charge in [0.15, 0.2) is 0 Å². The highest BCUT2D eigenvalue weighted by Crippen LogP contribution is 2.69. The maximum Gasteiger partial charge on any atom is 0.323 e. The number of ether oxygens (including phenoxy) is 2. The third kappa shape index (κ3) is 3.07. The molecule has 5 aliphatic rings. The molecule has 7 nitrogen and oxygen atoms in total. The first-order valence-corrected chi connectivity index (χ1v) is 12.2. The molecular weight excluding hydrogens is 396 g/mol. The molecule has 7 heteroatoms. The zero-order chi connectivity index (χ0) is 22.3. The van der Waals surface area contributed by atoms with Crippen LogP contribution in [0.3, 0.4) is 0 Å². The Morgan fingerprint density at radius 2 is 2.00 bits per heavy atom. The predicted molar refractivity (Wildman–Crippen MR) is 115 cm³/mol. The molecule has 5 rings (SSSR count).